The van der Waals surface area contributed by atoms with E-state index in [4.69, 9.17) is 21.1 Å². The lowest BCUT2D eigenvalue weighted by atomic mass is 9.93. The number of carbonyl (C=O) groups is 2. The number of allylic oxidation sites excluding steroid dienone is 1. The minimum atomic E-state index is -0.692. The van der Waals surface area contributed by atoms with E-state index in [0.717, 1.165) is 5.56 Å². The number of rotatable bonds is 7. The molecule has 0 fully saturated rings. The quantitative estimate of drug-likeness (QED) is 0.615. The van der Waals surface area contributed by atoms with E-state index in [1.807, 2.05) is 43.3 Å². The van der Waals surface area contributed by atoms with Gasteiger partial charge in [-0.15, -0.1) is 0 Å². The minimum Gasteiger partial charge on any atom is -0.488 e. The zero-order valence-electron chi connectivity index (χ0n) is 17.2. The highest BCUT2D eigenvalue weighted by Crippen LogP contribution is 2.35. The predicted octanol–water partition coefficient (Wildman–Crippen LogP) is 4.89. The van der Waals surface area contributed by atoms with Gasteiger partial charge in [0.2, 0.25) is 0 Å². The Morgan fingerprint density at radius 1 is 1.13 bits per heavy atom. The molecule has 0 aromatic heterocycles. The Kier molecular flexibility index (Phi) is 7.00. The molecule has 2 N–H and O–H groups in total. The van der Waals surface area contributed by atoms with E-state index in [9.17, 15) is 9.59 Å². The number of urea groups is 1. The van der Waals surface area contributed by atoms with Gasteiger partial charge in [0.15, 0.2) is 0 Å². The van der Waals surface area contributed by atoms with Crippen molar-refractivity contribution in [3.8, 4) is 5.75 Å². The Bertz CT molecular complexity index is 971. The highest BCUT2D eigenvalue weighted by molar-refractivity contribution is 6.31. The molecule has 0 spiro atoms. The molecule has 2 aromatic carbocycles. The molecule has 158 valence electrons. The van der Waals surface area contributed by atoms with E-state index in [1.165, 1.54) is 0 Å². The fourth-order valence-electron chi connectivity index (χ4n) is 3.27. The van der Waals surface area contributed by atoms with Crippen molar-refractivity contribution in [1.29, 1.82) is 0 Å². The van der Waals surface area contributed by atoms with Crippen molar-refractivity contribution in [2.75, 3.05) is 0 Å². The number of nitrogens with one attached hydrogen (secondary N) is 2. The van der Waals surface area contributed by atoms with Gasteiger partial charge in [-0.1, -0.05) is 54.9 Å². The Balaban J connectivity index is 1.97. The zero-order valence-corrected chi connectivity index (χ0v) is 18.0. The van der Waals surface area contributed by atoms with E-state index >= 15 is 0 Å². The van der Waals surface area contributed by atoms with Gasteiger partial charge in [-0.3, -0.25) is 0 Å². The van der Waals surface area contributed by atoms with Gasteiger partial charge in [0, 0.05) is 21.8 Å². The first kappa shape index (κ1) is 21.7. The highest BCUT2D eigenvalue weighted by atomic mass is 35.5. The number of esters is 1. The van der Waals surface area contributed by atoms with Crippen molar-refractivity contribution < 1.29 is 19.1 Å². The van der Waals surface area contributed by atoms with Gasteiger partial charge >= 0.3 is 12.0 Å². The molecular weight excluding hydrogens is 404 g/mol. The first-order valence-corrected chi connectivity index (χ1v) is 10.2. The van der Waals surface area contributed by atoms with Crippen LogP contribution in [0.5, 0.6) is 5.75 Å². The SMILES string of the molecule is CCC1=C(C(=O)OC(C)C)C(c2ccccc2OCc2ccccc2Cl)NC(=O)N1. The predicted molar refractivity (Wildman–Crippen MR) is 115 cm³/mol. The van der Waals surface area contributed by atoms with Gasteiger partial charge in [0.1, 0.15) is 12.4 Å². The summed E-state index contributed by atoms with van der Waals surface area (Å²) in [6.45, 7) is 5.70. The molecule has 3 rings (SSSR count). The maximum Gasteiger partial charge on any atom is 0.338 e. The largest absolute Gasteiger partial charge is 0.488 e. The summed E-state index contributed by atoms with van der Waals surface area (Å²) in [5.74, 6) is 0.0789. The maximum absolute atomic E-state index is 12.9. The van der Waals surface area contributed by atoms with Gasteiger partial charge < -0.3 is 20.1 Å². The molecule has 0 aliphatic carbocycles. The van der Waals surface area contributed by atoms with E-state index in [1.54, 1.807) is 26.0 Å². The molecule has 0 radical (unpaired) electrons. The average molecular weight is 429 g/mol. The van der Waals surface area contributed by atoms with Crippen molar-refractivity contribution in [3.63, 3.8) is 0 Å². The Labute approximate surface area is 181 Å². The van der Waals surface area contributed by atoms with E-state index in [2.05, 4.69) is 10.6 Å². The molecule has 30 heavy (non-hydrogen) atoms. The number of amides is 2. The standard InChI is InChI=1S/C23H25ClN2O4/c1-4-18-20(22(27)30-14(2)3)21(26-23(28)25-18)16-10-6-8-12-19(16)29-13-15-9-5-7-11-17(15)24/h5-12,14,21H,4,13H2,1-3H3,(H2,25,26,28). The smallest absolute Gasteiger partial charge is 0.338 e. The lowest BCUT2D eigenvalue weighted by molar-refractivity contribution is -0.143. The van der Waals surface area contributed by atoms with Crippen molar-refractivity contribution in [3.05, 3.63) is 76.0 Å². The van der Waals surface area contributed by atoms with Crippen LogP contribution < -0.4 is 15.4 Å². The summed E-state index contributed by atoms with van der Waals surface area (Å²) in [7, 11) is 0. The second kappa shape index (κ2) is 9.67. The van der Waals surface area contributed by atoms with Crippen LogP contribution in [0.1, 0.15) is 44.4 Å². The molecule has 7 heteroatoms. The minimum absolute atomic E-state index is 0.256. The number of ether oxygens (including phenoxy) is 2. The van der Waals surface area contributed by atoms with Crippen LogP contribution in [0.4, 0.5) is 4.79 Å². The molecule has 0 bridgehead atoms. The molecule has 2 amide bonds. The summed E-state index contributed by atoms with van der Waals surface area (Å²) in [6.07, 6.45) is 0.197. The number of para-hydroxylation sites is 1. The van der Waals surface area contributed by atoms with Crippen molar-refractivity contribution in [2.45, 2.75) is 45.9 Å². The first-order chi connectivity index (χ1) is 14.4. The molecule has 1 heterocycles. The van der Waals surface area contributed by atoms with Crippen LogP contribution in [-0.2, 0) is 16.1 Å². The topological polar surface area (TPSA) is 76.7 Å². The zero-order chi connectivity index (χ0) is 21.7. The lowest BCUT2D eigenvalue weighted by Gasteiger charge is -2.30. The summed E-state index contributed by atoms with van der Waals surface area (Å²) < 4.78 is 11.5. The summed E-state index contributed by atoms with van der Waals surface area (Å²) in [5, 5.41) is 6.17. The van der Waals surface area contributed by atoms with Crippen LogP contribution in [-0.4, -0.2) is 18.1 Å². The van der Waals surface area contributed by atoms with E-state index in [0.29, 0.717) is 34.0 Å². The second-order valence-corrected chi connectivity index (χ2v) is 7.56. The summed E-state index contributed by atoms with van der Waals surface area (Å²) in [6, 6.07) is 13.7. The highest BCUT2D eigenvalue weighted by Gasteiger charge is 2.35. The van der Waals surface area contributed by atoms with Crippen molar-refractivity contribution >= 4 is 23.6 Å². The summed E-state index contributed by atoms with van der Waals surface area (Å²) >= 11 is 6.24. The summed E-state index contributed by atoms with van der Waals surface area (Å²) in [5.41, 5.74) is 2.42. The molecule has 1 aliphatic rings. The van der Waals surface area contributed by atoms with Crippen LogP contribution in [0.25, 0.3) is 0 Å². The van der Waals surface area contributed by atoms with Gasteiger partial charge in [-0.25, -0.2) is 9.59 Å². The Morgan fingerprint density at radius 3 is 2.53 bits per heavy atom. The molecule has 6 nitrogen and oxygen atoms in total. The number of carbonyl (C=O) groups excluding carboxylic acids is 2. The second-order valence-electron chi connectivity index (χ2n) is 7.15. The number of halogens is 1. The van der Waals surface area contributed by atoms with E-state index < -0.39 is 12.0 Å². The Hall–Kier alpha value is -2.99. The number of hydrogen-bond donors (Lipinski definition) is 2. The average Bonchev–Trinajstić information content (AvgIpc) is 2.72. The third kappa shape index (κ3) is 4.94. The van der Waals surface area contributed by atoms with Crippen LogP contribution >= 0.6 is 11.6 Å². The molecule has 0 saturated carbocycles. The maximum atomic E-state index is 12.9. The monoisotopic (exact) mass is 428 g/mol. The molecular formula is C23H25ClN2O4. The number of benzene rings is 2. The molecule has 2 aromatic rings. The van der Waals surface area contributed by atoms with Gasteiger partial charge in [-0.2, -0.15) is 0 Å². The normalized spacial score (nSPS) is 16.2. The Morgan fingerprint density at radius 2 is 1.83 bits per heavy atom. The molecule has 0 saturated heterocycles. The fourth-order valence-corrected chi connectivity index (χ4v) is 3.46. The van der Waals surface area contributed by atoms with Crippen LogP contribution in [0.2, 0.25) is 5.02 Å². The third-order valence-corrected chi connectivity index (χ3v) is 5.01. The van der Waals surface area contributed by atoms with Gasteiger partial charge in [0.25, 0.3) is 0 Å². The first-order valence-electron chi connectivity index (χ1n) is 9.87. The van der Waals surface area contributed by atoms with Crippen LogP contribution in [0.15, 0.2) is 59.8 Å². The molecule has 1 aliphatic heterocycles. The lowest BCUT2D eigenvalue weighted by Crippen LogP contribution is -2.46. The van der Waals surface area contributed by atoms with E-state index in [-0.39, 0.29) is 18.7 Å². The van der Waals surface area contributed by atoms with Crippen LogP contribution in [0, 0.1) is 0 Å². The number of hydrogen-bond acceptors (Lipinski definition) is 4. The van der Waals surface area contributed by atoms with Crippen molar-refractivity contribution in [2.24, 2.45) is 0 Å². The van der Waals surface area contributed by atoms with Crippen LogP contribution in [0.3, 0.4) is 0 Å². The third-order valence-electron chi connectivity index (χ3n) is 4.64. The van der Waals surface area contributed by atoms with Crippen molar-refractivity contribution in [1.82, 2.24) is 10.6 Å². The van der Waals surface area contributed by atoms with Gasteiger partial charge in [0.05, 0.1) is 17.7 Å². The molecule has 1 unspecified atom stereocenters. The summed E-state index contributed by atoms with van der Waals surface area (Å²) in [4.78, 5) is 25.1. The fraction of sp³-hybridized carbons (Fsp3) is 0.304. The molecule has 1 atom stereocenters. The van der Waals surface area contributed by atoms with Gasteiger partial charge in [-0.05, 0) is 32.4 Å².